The number of nitriles is 1. The van der Waals surface area contributed by atoms with Crippen molar-refractivity contribution < 1.29 is 9.53 Å². The van der Waals surface area contributed by atoms with Crippen molar-refractivity contribution in [3.8, 4) is 6.07 Å². The lowest BCUT2D eigenvalue weighted by atomic mass is 9.99. The Morgan fingerprint density at radius 1 is 1.24 bits per heavy atom. The van der Waals surface area contributed by atoms with Gasteiger partial charge < -0.3 is 9.30 Å². The van der Waals surface area contributed by atoms with Crippen LogP contribution in [0.3, 0.4) is 0 Å². The summed E-state index contributed by atoms with van der Waals surface area (Å²) in [6.07, 6.45) is 3.34. The van der Waals surface area contributed by atoms with E-state index in [1.54, 1.807) is 10.6 Å². The monoisotopic (exact) mass is 415 g/mol. The van der Waals surface area contributed by atoms with Gasteiger partial charge >= 0.3 is 5.97 Å². The summed E-state index contributed by atoms with van der Waals surface area (Å²) in [5.74, 6) is -0.539. The minimum atomic E-state index is -0.539. The zero-order valence-corrected chi connectivity index (χ0v) is 17.5. The van der Waals surface area contributed by atoms with Crippen LogP contribution in [-0.2, 0) is 4.74 Å². The molecule has 6 nitrogen and oxygen atoms in total. The van der Waals surface area contributed by atoms with E-state index < -0.39 is 5.97 Å². The smallest absolute Gasteiger partial charge is 0.344 e. The van der Waals surface area contributed by atoms with Gasteiger partial charge in [0, 0.05) is 31.0 Å². The number of pyridine rings is 1. The third-order valence-corrected chi connectivity index (χ3v) is 6.05. The van der Waals surface area contributed by atoms with Gasteiger partial charge in [-0.25, -0.2) is 4.79 Å². The third-order valence-electron chi connectivity index (χ3n) is 6.05. The van der Waals surface area contributed by atoms with Gasteiger partial charge in [-0.1, -0.05) is 18.2 Å². The van der Waals surface area contributed by atoms with Crippen LogP contribution >= 0.6 is 12.4 Å². The second-order valence-corrected chi connectivity index (χ2v) is 8.10. The van der Waals surface area contributed by atoms with Crippen molar-refractivity contribution >= 4 is 29.3 Å². The molecule has 0 radical (unpaired) electrons. The molecular weight excluding hydrogens is 390 g/mol. The first-order valence-corrected chi connectivity index (χ1v) is 9.97. The lowest BCUT2D eigenvalue weighted by Gasteiger charge is -2.36. The van der Waals surface area contributed by atoms with Gasteiger partial charge in [-0.15, -0.1) is 12.4 Å². The van der Waals surface area contributed by atoms with Crippen molar-refractivity contribution in [2.75, 3.05) is 6.54 Å². The Labute approximate surface area is 176 Å². The van der Waals surface area contributed by atoms with E-state index in [1.807, 2.05) is 38.1 Å². The maximum absolute atomic E-state index is 13.0. The number of aromatic nitrogens is 1. The number of halogens is 1. The Hall–Kier alpha value is -2.36. The van der Waals surface area contributed by atoms with E-state index >= 15 is 0 Å². The fourth-order valence-electron chi connectivity index (χ4n) is 4.82. The van der Waals surface area contributed by atoms with Crippen LogP contribution in [0.15, 0.2) is 35.1 Å². The lowest BCUT2D eigenvalue weighted by molar-refractivity contribution is -0.00332. The van der Waals surface area contributed by atoms with E-state index in [2.05, 4.69) is 11.0 Å². The van der Waals surface area contributed by atoms with Crippen LogP contribution in [0.1, 0.15) is 55.9 Å². The Kier molecular flexibility index (Phi) is 6.30. The summed E-state index contributed by atoms with van der Waals surface area (Å²) in [5, 5.41) is 9.87. The van der Waals surface area contributed by atoms with Crippen LogP contribution in [0.2, 0.25) is 0 Å². The molecule has 0 aliphatic carbocycles. The number of rotatable bonds is 4. The zero-order chi connectivity index (χ0) is 19.8. The second kappa shape index (κ2) is 8.56. The maximum atomic E-state index is 13.0. The lowest BCUT2D eigenvalue weighted by Crippen LogP contribution is -2.46. The molecule has 0 saturated carbocycles. The van der Waals surface area contributed by atoms with Gasteiger partial charge in [-0.05, 0) is 44.2 Å². The van der Waals surface area contributed by atoms with Gasteiger partial charge in [0.2, 0.25) is 0 Å². The Morgan fingerprint density at radius 3 is 2.52 bits per heavy atom. The summed E-state index contributed by atoms with van der Waals surface area (Å²) in [4.78, 5) is 28.1. The van der Waals surface area contributed by atoms with E-state index in [9.17, 15) is 9.59 Å². The average molecular weight is 416 g/mol. The summed E-state index contributed by atoms with van der Waals surface area (Å²) in [6, 6.07) is 12.0. The molecule has 2 fully saturated rings. The van der Waals surface area contributed by atoms with Crippen LogP contribution < -0.4 is 5.56 Å². The molecule has 1 aromatic heterocycles. The Bertz CT molecular complexity index is 997. The molecule has 2 bridgehead atoms. The molecule has 2 aliphatic rings. The molecule has 29 heavy (non-hydrogen) atoms. The molecule has 2 aliphatic heterocycles. The molecule has 3 atom stereocenters. The number of esters is 1. The van der Waals surface area contributed by atoms with Crippen LogP contribution in [0.25, 0.3) is 10.9 Å². The Balaban J connectivity index is 0.00000240. The summed E-state index contributed by atoms with van der Waals surface area (Å²) in [7, 11) is 0. The first kappa shape index (κ1) is 21.4. The predicted octanol–water partition coefficient (Wildman–Crippen LogP) is 3.68. The van der Waals surface area contributed by atoms with Crippen LogP contribution in [0, 0.1) is 11.3 Å². The number of fused-ring (bicyclic) bond motifs is 3. The Morgan fingerprint density at radius 2 is 1.90 bits per heavy atom. The number of benzene rings is 1. The fraction of sp³-hybridized carbons (Fsp3) is 0.500. The van der Waals surface area contributed by atoms with E-state index in [-0.39, 0.29) is 35.7 Å². The molecule has 154 valence electrons. The number of para-hydroxylation sites is 1. The summed E-state index contributed by atoms with van der Waals surface area (Å²) in [6.45, 7) is 4.30. The molecular formula is C22H26ClN3O3. The number of ether oxygens (including phenoxy) is 1. The highest BCUT2D eigenvalue weighted by molar-refractivity contribution is 5.94. The standard InChI is InChI=1S/C22H25N3O3.ClH/c1-14(2)25-20-6-4-3-5-15(20)11-19(21(25)26)22(27)28-18-12-16-7-8-17(13-18)24(16)10-9-23;/h3-6,11,14,16-18H,7-8,10,12-13H2,1-2H3;1H/t16-,17+,18+;. The van der Waals surface area contributed by atoms with Gasteiger partial charge in [0.05, 0.1) is 18.1 Å². The molecule has 2 aromatic rings. The summed E-state index contributed by atoms with van der Waals surface area (Å²) >= 11 is 0. The molecule has 4 rings (SSSR count). The van der Waals surface area contributed by atoms with Gasteiger partial charge in [-0.2, -0.15) is 5.26 Å². The first-order valence-electron chi connectivity index (χ1n) is 9.97. The highest BCUT2D eigenvalue weighted by Crippen LogP contribution is 2.36. The summed E-state index contributed by atoms with van der Waals surface area (Å²) < 4.78 is 7.45. The minimum absolute atomic E-state index is 0. The van der Waals surface area contributed by atoms with Crippen molar-refractivity contribution in [3.63, 3.8) is 0 Å². The minimum Gasteiger partial charge on any atom is -0.459 e. The SMILES string of the molecule is CC(C)n1c(=O)c(C(=O)O[C@H]2C[C@H]3CC[C@@H](C2)N3CC#N)cc2ccccc21.Cl. The normalized spacial score (nSPS) is 23.6. The van der Waals surface area contributed by atoms with E-state index in [0.29, 0.717) is 18.6 Å². The molecule has 0 amide bonds. The zero-order valence-electron chi connectivity index (χ0n) is 16.7. The van der Waals surface area contributed by atoms with Crippen molar-refractivity contribution in [1.82, 2.24) is 9.47 Å². The number of hydrogen-bond donors (Lipinski definition) is 0. The topological polar surface area (TPSA) is 75.3 Å². The second-order valence-electron chi connectivity index (χ2n) is 8.10. The van der Waals surface area contributed by atoms with E-state index in [4.69, 9.17) is 10.00 Å². The van der Waals surface area contributed by atoms with E-state index in [0.717, 1.165) is 36.6 Å². The third kappa shape index (κ3) is 3.90. The number of carbonyl (C=O) groups is 1. The molecule has 2 saturated heterocycles. The molecule has 0 N–H and O–H groups in total. The van der Waals surface area contributed by atoms with Crippen molar-refractivity contribution in [1.29, 1.82) is 5.26 Å². The highest BCUT2D eigenvalue weighted by Gasteiger charge is 2.42. The molecule has 1 aromatic carbocycles. The van der Waals surface area contributed by atoms with Crippen LogP contribution in [-0.4, -0.2) is 40.2 Å². The van der Waals surface area contributed by atoms with E-state index in [1.165, 1.54) is 0 Å². The number of carbonyl (C=O) groups excluding carboxylic acids is 1. The largest absolute Gasteiger partial charge is 0.459 e. The van der Waals surface area contributed by atoms with Crippen molar-refractivity contribution in [3.05, 3.63) is 46.2 Å². The van der Waals surface area contributed by atoms with Crippen LogP contribution in [0.5, 0.6) is 0 Å². The summed E-state index contributed by atoms with van der Waals surface area (Å²) in [5.41, 5.74) is 0.615. The van der Waals surface area contributed by atoms with Gasteiger partial charge in [-0.3, -0.25) is 9.69 Å². The maximum Gasteiger partial charge on any atom is 0.344 e. The molecule has 7 heteroatoms. The number of hydrogen-bond acceptors (Lipinski definition) is 5. The first-order chi connectivity index (χ1) is 13.5. The predicted molar refractivity (Wildman–Crippen MR) is 113 cm³/mol. The van der Waals surface area contributed by atoms with Crippen molar-refractivity contribution in [2.24, 2.45) is 0 Å². The molecule has 0 spiro atoms. The fourth-order valence-corrected chi connectivity index (χ4v) is 4.82. The number of nitrogens with zero attached hydrogens (tertiary/aromatic N) is 3. The molecule has 3 heterocycles. The quantitative estimate of drug-likeness (QED) is 0.562. The number of piperidine rings is 1. The van der Waals surface area contributed by atoms with Crippen LogP contribution in [0.4, 0.5) is 0 Å². The van der Waals surface area contributed by atoms with Gasteiger partial charge in [0.1, 0.15) is 11.7 Å². The van der Waals surface area contributed by atoms with Gasteiger partial charge in [0.25, 0.3) is 5.56 Å². The van der Waals surface area contributed by atoms with Gasteiger partial charge in [0.15, 0.2) is 0 Å². The average Bonchev–Trinajstić information content (AvgIpc) is 2.90. The molecule has 0 unspecified atom stereocenters. The van der Waals surface area contributed by atoms with Crippen molar-refractivity contribution in [2.45, 2.75) is 63.8 Å². The highest BCUT2D eigenvalue weighted by atomic mass is 35.5.